The van der Waals surface area contributed by atoms with Gasteiger partial charge >= 0.3 is 0 Å². The number of thiophene rings is 1. The molecule has 1 N–H and O–H groups in total. The van der Waals surface area contributed by atoms with Gasteiger partial charge in [-0.2, -0.15) is 0 Å². The van der Waals surface area contributed by atoms with Gasteiger partial charge in [0.25, 0.3) is 5.91 Å². The third-order valence-corrected chi connectivity index (χ3v) is 5.37. The predicted molar refractivity (Wildman–Crippen MR) is 100.0 cm³/mol. The summed E-state index contributed by atoms with van der Waals surface area (Å²) in [5.41, 5.74) is 0.711. The topological polar surface area (TPSA) is 52.7 Å². The number of carbonyl (C=O) groups excluding carboxylic acids is 2. The first-order valence-electron chi connectivity index (χ1n) is 8.19. The number of nitrogens with zero attached hydrogens (tertiary/aromatic N) is 2. The summed E-state index contributed by atoms with van der Waals surface area (Å²) in [4.78, 5) is 29.4. The van der Waals surface area contributed by atoms with Crippen molar-refractivity contribution in [3.05, 3.63) is 57.2 Å². The minimum atomic E-state index is -0.00708. The molecule has 7 heteroatoms. The molecule has 1 aliphatic heterocycles. The summed E-state index contributed by atoms with van der Waals surface area (Å²) in [6.07, 6.45) is 0. The lowest BCUT2D eigenvalue weighted by Gasteiger charge is -2.34. The van der Waals surface area contributed by atoms with Crippen molar-refractivity contribution in [1.29, 1.82) is 0 Å². The number of hydrogen-bond acceptors (Lipinski definition) is 4. The van der Waals surface area contributed by atoms with Gasteiger partial charge in [-0.15, -0.1) is 11.3 Å². The number of benzene rings is 1. The monoisotopic (exact) mass is 377 g/mol. The van der Waals surface area contributed by atoms with E-state index in [4.69, 9.17) is 11.6 Å². The Bertz CT molecular complexity index is 727. The van der Waals surface area contributed by atoms with Gasteiger partial charge in [-0.1, -0.05) is 29.8 Å². The van der Waals surface area contributed by atoms with Gasteiger partial charge in [0.05, 0.1) is 17.4 Å². The first-order valence-corrected chi connectivity index (χ1v) is 9.39. The number of amides is 2. The largest absolute Gasteiger partial charge is 0.350 e. The van der Waals surface area contributed by atoms with Crippen molar-refractivity contribution in [3.63, 3.8) is 0 Å². The highest BCUT2D eigenvalue weighted by Gasteiger charge is 2.23. The van der Waals surface area contributed by atoms with Crippen LogP contribution in [-0.4, -0.2) is 54.3 Å². The van der Waals surface area contributed by atoms with Gasteiger partial charge in [-0.25, -0.2) is 0 Å². The normalized spacial score (nSPS) is 15.2. The van der Waals surface area contributed by atoms with E-state index in [2.05, 4.69) is 10.2 Å². The Balaban J connectivity index is 1.41. The van der Waals surface area contributed by atoms with Crippen LogP contribution in [0.1, 0.15) is 15.2 Å². The maximum atomic E-state index is 12.4. The van der Waals surface area contributed by atoms with Gasteiger partial charge in [0, 0.05) is 36.6 Å². The third kappa shape index (κ3) is 5.04. The molecule has 5 nitrogen and oxygen atoms in total. The summed E-state index contributed by atoms with van der Waals surface area (Å²) in [5.74, 6) is 0.0478. The molecule has 2 aromatic rings. The van der Waals surface area contributed by atoms with Gasteiger partial charge in [0.15, 0.2) is 0 Å². The second kappa shape index (κ2) is 8.47. The van der Waals surface area contributed by atoms with Crippen molar-refractivity contribution in [3.8, 4) is 0 Å². The number of halogens is 1. The molecule has 1 saturated heterocycles. The Hall–Kier alpha value is -1.89. The van der Waals surface area contributed by atoms with Crippen molar-refractivity contribution in [2.24, 2.45) is 0 Å². The van der Waals surface area contributed by atoms with Crippen LogP contribution < -0.4 is 5.32 Å². The zero-order valence-corrected chi connectivity index (χ0v) is 15.4. The third-order valence-electron chi connectivity index (χ3n) is 4.14. The molecule has 1 aromatic heterocycles. The molecule has 1 aliphatic rings. The molecular formula is C18H20ClN3O2S. The number of rotatable bonds is 5. The summed E-state index contributed by atoms with van der Waals surface area (Å²) in [6, 6.07) is 13.1. The minimum absolute atomic E-state index is 0.00708. The highest BCUT2D eigenvalue weighted by molar-refractivity contribution is 7.16. The van der Waals surface area contributed by atoms with Crippen LogP contribution in [0.3, 0.4) is 0 Å². The van der Waals surface area contributed by atoms with E-state index in [0.717, 1.165) is 9.21 Å². The van der Waals surface area contributed by atoms with Gasteiger partial charge in [0.1, 0.15) is 0 Å². The first kappa shape index (κ1) is 17.9. The predicted octanol–water partition coefficient (Wildman–Crippen LogP) is 2.48. The van der Waals surface area contributed by atoms with Crippen molar-refractivity contribution in [2.45, 2.75) is 6.54 Å². The van der Waals surface area contributed by atoms with Crippen LogP contribution in [0.25, 0.3) is 0 Å². The Kier molecular flexibility index (Phi) is 6.07. The van der Waals surface area contributed by atoms with E-state index in [0.29, 0.717) is 44.8 Å². The molecule has 2 heterocycles. The van der Waals surface area contributed by atoms with Gasteiger partial charge in [-0.3, -0.25) is 14.5 Å². The number of nitrogens with one attached hydrogen (secondary N) is 1. The molecule has 132 valence electrons. The smallest absolute Gasteiger partial charge is 0.253 e. The maximum Gasteiger partial charge on any atom is 0.253 e. The molecule has 3 rings (SSSR count). The lowest BCUT2D eigenvalue weighted by molar-refractivity contribution is -0.122. The highest BCUT2D eigenvalue weighted by Crippen LogP contribution is 2.20. The number of hydrogen-bond donors (Lipinski definition) is 1. The van der Waals surface area contributed by atoms with Crippen molar-refractivity contribution in [2.75, 3.05) is 32.7 Å². The number of carbonyl (C=O) groups is 2. The van der Waals surface area contributed by atoms with Crippen molar-refractivity contribution in [1.82, 2.24) is 15.1 Å². The molecule has 25 heavy (non-hydrogen) atoms. The van der Waals surface area contributed by atoms with Crippen LogP contribution in [0, 0.1) is 0 Å². The molecule has 0 unspecified atom stereocenters. The SMILES string of the molecule is O=C(CN1CCN(C(=O)c2ccccc2)CC1)NCc1ccc(Cl)s1. The van der Waals surface area contributed by atoms with E-state index in [1.165, 1.54) is 11.3 Å². The second-order valence-electron chi connectivity index (χ2n) is 5.92. The molecule has 0 saturated carbocycles. The summed E-state index contributed by atoms with van der Waals surface area (Å²) < 4.78 is 0.725. The molecule has 0 atom stereocenters. The van der Waals surface area contributed by atoms with Crippen molar-refractivity contribution >= 4 is 34.8 Å². The molecular weight excluding hydrogens is 358 g/mol. The average Bonchev–Trinajstić information content (AvgIpc) is 3.06. The van der Waals surface area contributed by atoms with E-state index >= 15 is 0 Å². The molecule has 0 radical (unpaired) electrons. The highest BCUT2D eigenvalue weighted by atomic mass is 35.5. The minimum Gasteiger partial charge on any atom is -0.350 e. The fourth-order valence-electron chi connectivity index (χ4n) is 2.76. The van der Waals surface area contributed by atoms with Gasteiger partial charge in [-0.05, 0) is 24.3 Å². The Morgan fingerprint density at radius 3 is 2.40 bits per heavy atom. The fourth-order valence-corrected chi connectivity index (χ4v) is 3.79. The quantitative estimate of drug-likeness (QED) is 0.870. The van der Waals surface area contributed by atoms with Crippen LogP contribution in [0.15, 0.2) is 42.5 Å². The first-order chi connectivity index (χ1) is 12.1. The Labute approximate surface area is 156 Å². The summed E-state index contributed by atoms with van der Waals surface area (Å²) in [7, 11) is 0. The van der Waals surface area contributed by atoms with Crippen LogP contribution >= 0.6 is 22.9 Å². The second-order valence-corrected chi connectivity index (χ2v) is 7.72. The molecule has 0 spiro atoms. The lowest BCUT2D eigenvalue weighted by Crippen LogP contribution is -2.51. The van der Waals surface area contributed by atoms with Crippen LogP contribution in [0.4, 0.5) is 0 Å². The van der Waals surface area contributed by atoms with E-state index < -0.39 is 0 Å². The van der Waals surface area contributed by atoms with E-state index in [1.54, 1.807) is 0 Å². The summed E-state index contributed by atoms with van der Waals surface area (Å²) in [6.45, 7) is 3.55. The van der Waals surface area contributed by atoms with Crippen LogP contribution in [0.5, 0.6) is 0 Å². The number of piperazine rings is 1. The van der Waals surface area contributed by atoms with E-state index in [1.807, 2.05) is 47.4 Å². The van der Waals surface area contributed by atoms with Crippen LogP contribution in [-0.2, 0) is 11.3 Å². The van der Waals surface area contributed by atoms with Crippen LogP contribution in [0.2, 0.25) is 4.34 Å². The standard InChI is InChI=1S/C18H20ClN3O2S/c19-16-7-6-15(25-16)12-20-17(23)13-21-8-10-22(11-9-21)18(24)14-4-2-1-3-5-14/h1-7H,8-13H2,(H,20,23). The Morgan fingerprint density at radius 2 is 1.76 bits per heavy atom. The fraction of sp³-hybridized carbons (Fsp3) is 0.333. The molecule has 1 aromatic carbocycles. The zero-order chi connectivity index (χ0) is 17.6. The van der Waals surface area contributed by atoms with Gasteiger partial charge in [0.2, 0.25) is 5.91 Å². The molecule has 0 aliphatic carbocycles. The van der Waals surface area contributed by atoms with Crippen molar-refractivity contribution < 1.29 is 9.59 Å². The molecule has 2 amide bonds. The summed E-state index contributed by atoms with van der Waals surface area (Å²) in [5, 5.41) is 2.91. The Morgan fingerprint density at radius 1 is 1.04 bits per heavy atom. The maximum absolute atomic E-state index is 12.4. The average molecular weight is 378 g/mol. The van der Waals surface area contributed by atoms with E-state index in [9.17, 15) is 9.59 Å². The zero-order valence-electron chi connectivity index (χ0n) is 13.8. The van der Waals surface area contributed by atoms with Gasteiger partial charge < -0.3 is 10.2 Å². The van der Waals surface area contributed by atoms with E-state index in [-0.39, 0.29) is 11.8 Å². The lowest BCUT2D eigenvalue weighted by atomic mass is 10.2. The molecule has 0 bridgehead atoms. The summed E-state index contributed by atoms with van der Waals surface area (Å²) >= 11 is 7.35. The molecule has 1 fully saturated rings.